The van der Waals surface area contributed by atoms with Crippen LogP contribution in [-0.2, 0) is 4.79 Å². The minimum absolute atomic E-state index is 0.125. The molecule has 0 aliphatic rings. The Morgan fingerprint density at radius 3 is 1.93 bits per heavy atom. The topological polar surface area (TPSA) is 90.5 Å². The van der Waals surface area contributed by atoms with Gasteiger partial charge in [0.25, 0.3) is 0 Å². The molecule has 0 aliphatic carbocycles. The summed E-state index contributed by atoms with van der Waals surface area (Å²) in [6.07, 6.45) is 2.68. The first-order chi connectivity index (χ1) is 13.3. The summed E-state index contributed by atoms with van der Waals surface area (Å²) < 4.78 is 0. The van der Waals surface area contributed by atoms with Crippen LogP contribution < -0.4 is 16.0 Å². The highest BCUT2D eigenvalue weighted by molar-refractivity contribution is 5.78. The summed E-state index contributed by atoms with van der Waals surface area (Å²) in [5.41, 5.74) is 0.0612. The zero-order valence-corrected chi connectivity index (χ0v) is 18.0. The predicted octanol–water partition coefficient (Wildman–Crippen LogP) is 4.09. The maximum absolute atomic E-state index is 12.3. The van der Waals surface area contributed by atoms with E-state index in [0.29, 0.717) is 19.4 Å². The summed E-state index contributed by atoms with van der Waals surface area (Å²) in [4.78, 5) is 23.9. The van der Waals surface area contributed by atoms with Crippen LogP contribution in [-0.4, -0.2) is 35.7 Å². The highest BCUT2D eigenvalue weighted by Gasteiger charge is 2.35. The molecule has 1 rings (SSSR count). The molecule has 0 saturated carbocycles. The van der Waals surface area contributed by atoms with Crippen molar-refractivity contribution in [3.05, 3.63) is 35.9 Å². The Bertz CT molecular complexity index is 611. The molecule has 0 bridgehead atoms. The predicted molar refractivity (Wildman–Crippen MR) is 113 cm³/mol. The second kappa shape index (κ2) is 11.1. The van der Waals surface area contributed by atoms with Crippen LogP contribution in [0.5, 0.6) is 0 Å². The lowest BCUT2D eigenvalue weighted by atomic mass is 9.82. The first-order valence-electron chi connectivity index (χ1n) is 10.4. The van der Waals surface area contributed by atoms with E-state index in [1.54, 1.807) is 0 Å². The third kappa shape index (κ3) is 6.23. The molecule has 4 N–H and O–H groups in total. The number of carbonyl (C=O) groups excluding carboxylic acids is 1. The average molecular weight is 392 g/mol. The molecule has 28 heavy (non-hydrogen) atoms. The van der Waals surface area contributed by atoms with E-state index in [4.69, 9.17) is 0 Å². The van der Waals surface area contributed by atoms with E-state index in [1.165, 1.54) is 5.56 Å². The number of hydrogen-bond donors (Lipinski definition) is 4. The molecule has 1 unspecified atom stereocenters. The van der Waals surface area contributed by atoms with Gasteiger partial charge >= 0.3 is 12.0 Å². The van der Waals surface area contributed by atoms with Crippen molar-refractivity contribution in [1.82, 2.24) is 16.0 Å². The highest BCUT2D eigenvalue weighted by atomic mass is 16.4. The quantitative estimate of drug-likeness (QED) is 0.432. The normalized spacial score (nSPS) is 13.0. The van der Waals surface area contributed by atoms with Gasteiger partial charge in [-0.2, -0.15) is 0 Å². The summed E-state index contributed by atoms with van der Waals surface area (Å²) in [6, 6.07) is 10.1. The summed E-state index contributed by atoms with van der Waals surface area (Å²) >= 11 is 0. The van der Waals surface area contributed by atoms with Gasteiger partial charge in [-0.15, -0.1) is 0 Å². The molecule has 0 fully saturated rings. The number of benzene rings is 1. The Hall–Kier alpha value is -2.08. The number of carboxylic acid groups (broad SMARTS) is 1. The van der Waals surface area contributed by atoms with Gasteiger partial charge in [0.1, 0.15) is 0 Å². The van der Waals surface area contributed by atoms with E-state index < -0.39 is 11.4 Å². The second-order valence-corrected chi connectivity index (χ2v) is 7.59. The number of rotatable bonds is 12. The molecular formula is C22H37N3O3. The average Bonchev–Trinajstić information content (AvgIpc) is 2.72. The zero-order valence-electron chi connectivity index (χ0n) is 18.0. The maximum Gasteiger partial charge on any atom is 0.314 e. The molecule has 0 aliphatic heterocycles. The molecule has 0 aromatic heterocycles. The Morgan fingerprint density at radius 1 is 0.929 bits per heavy atom. The van der Waals surface area contributed by atoms with Crippen molar-refractivity contribution in [2.45, 2.75) is 71.9 Å². The molecule has 0 heterocycles. The Balaban J connectivity index is 2.69. The molecular weight excluding hydrogens is 354 g/mol. The van der Waals surface area contributed by atoms with Crippen LogP contribution in [0, 0.1) is 5.41 Å². The van der Waals surface area contributed by atoms with Gasteiger partial charge in [0.2, 0.25) is 0 Å². The van der Waals surface area contributed by atoms with Crippen LogP contribution in [0.3, 0.4) is 0 Å². The molecule has 0 saturated heterocycles. The van der Waals surface area contributed by atoms with E-state index in [1.807, 2.05) is 32.0 Å². The SMILES string of the molecule is CCC(CC)(CNC(=O)NCC(CC)(CC)C(=O)O)NC(C)c1ccccc1. The van der Waals surface area contributed by atoms with Crippen LogP contribution in [0.2, 0.25) is 0 Å². The number of nitrogens with one attached hydrogen (secondary N) is 3. The van der Waals surface area contributed by atoms with Gasteiger partial charge in [0.05, 0.1) is 5.41 Å². The van der Waals surface area contributed by atoms with Crippen molar-refractivity contribution in [3.8, 4) is 0 Å². The van der Waals surface area contributed by atoms with Crippen LogP contribution in [0.4, 0.5) is 4.79 Å². The Morgan fingerprint density at radius 2 is 1.46 bits per heavy atom. The van der Waals surface area contributed by atoms with E-state index in [9.17, 15) is 14.7 Å². The van der Waals surface area contributed by atoms with Gasteiger partial charge in [-0.1, -0.05) is 58.0 Å². The zero-order chi connectivity index (χ0) is 21.2. The van der Waals surface area contributed by atoms with E-state index in [-0.39, 0.29) is 24.2 Å². The number of carbonyl (C=O) groups is 2. The lowest BCUT2D eigenvalue weighted by Crippen LogP contribution is -2.55. The monoisotopic (exact) mass is 391 g/mol. The minimum atomic E-state index is -0.913. The fourth-order valence-electron chi connectivity index (χ4n) is 3.48. The molecule has 0 spiro atoms. The minimum Gasteiger partial charge on any atom is -0.481 e. The molecule has 6 nitrogen and oxygen atoms in total. The summed E-state index contributed by atoms with van der Waals surface area (Å²) in [7, 11) is 0. The van der Waals surface area contributed by atoms with Crippen LogP contribution in [0.1, 0.15) is 71.9 Å². The molecule has 1 atom stereocenters. The van der Waals surface area contributed by atoms with Crippen molar-refractivity contribution in [2.24, 2.45) is 5.41 Å². The lowest BCUT2D eigenvalue weighted by Gasteiger charge is -2.36. The summed E-state index contributed by atoms with van der Waals surface area (Å²) in [6.45, 7) is 10.6. The molecule has 6 heteroatoms. The lowest BCUT2D eigenvalue weighted by molar-refractivity contribution is -0.149. The summed E-state index contributed by atoms with van der Waals surface area (Å²) in [5, 5.41) is 18.9. The Labute approximate surface area is 169 Å². The van der Waals surface area contributed by atoms with Gasteiger partial charge in [-0.3, -0.25) is 4.79 Å². The third-order valence-corrected chi connectivity index (χ3v) is 6.16. The number of carboxylic acids is 1. The van der Waals surface area contributed by atoms with E-state index in [0.717, 1.165) is 12.8 Å². The van der Waals surface area contributed by atoms with Crippen LogP contribution in [0.15, 0.2) is 30.3 Å². The molecule has 1 aromatic carbocycles. The molecule has 158 valence electrons. The van der Waals surface area contributed by atoms with E-state index >= 15 is 0 Å². The number of hydrogen-bond acceptors (Lipinski definition) is 3. The Kier molecular flexibility index (Phi) is 9.46. The highest BCUT2D eigenvalue weighted by Crippen LogP contribution is 2.25. The van der Waals surface area contributed by atoms with Crippen molar-refractivity contribution < 1.29 is 14.7 Å². The number of amides is 2. The molecule has 0 radical (unpaired) electrons. The van der Waals surface area contributed by atoms with Gasteiger partial charge < -0.3 is 21.1 Å². The smallest absolute Gasteiger partial charge is 0.314 e. The van der Waals surface area contributed by atoms with Crippen LogP contribution >= 0.6 is 0 Å². The maximum atomic E-state index is 12.3. The first kappa shape index (κ1) is 24.0. The van der Waals surface area contributed by atoms with Crippen molar-refractivity contribution in [3.63, 3.8) is 0 Å². The number of urea groups is 1. The fourth-order valence-corrected chi connectivity index (χ4v) is 3.48. The van der Waals surface area contributed by atoms with Gasteiger partial charge in [0.15, 0.2) is 0 Å². The fraction of sp³-hybridized carbons (Fsp3) is 0.636. The molecule has 2 amide bonds. The standard InChI is InChI=1S/C22H37N3O3/c1-6-21(7-2,19(26)27)15-23-20(28)24-16-22(8-3,9-4)25-17(5)18-13-11-10-12-14-18/h10-14,17,25H,6-9,15-16H2,1-5H3,(H,26,27)(H2,23,24,28). The van der Waals surface area contributed by atoms with Crippen molar-refractivity contribution in [1.29, 1.82) is 0 Å². The molecule has 1 aromatic rings. The first-order valence-corrected chi connectivity index (χ1v) is 10.4. The van der Waals surface area contributed by atoms with Gasteiger partial charge in [0, 0.05) is 24.7 Å². The van der Waals surface area contributed by atoms with Gasteiger partial charge in [-0.25, -0.2) is 4.79 Å². The second-order valence-electron chi connectivity index (χ2n) is 7.59. The van der Waals surface area contributed by atoms with Crippen LogP contribution in [0.25, 0.3) is 0 Å². The largest absolute Gasteiger partial charge is 0.481 e. The van der Waals surface area contributed by atoms with E-state index in [2.05, 4.69) is 48.9 Å². The third-order valence-electron chi connectivity index (χ3n) is 6.16. The number of aliphatic carboxylic acids is 1. The van der Waals surface area contributed by atoms with Crippen molar-refractivity contribution in [2.75, 3.05) is 13.1 Å². The van der Waals surface area contributed by atoms with Crippen molar-refractivity contribution >= 4 is 12.0 Å². The van der Waals surface area contributed by atoms with Gasteiger partial charge in [-0.05, 0) is 38.2 Å². The summed E-state index contributed by atoms with van der Waals surface area (Å²) in [5.74, 6) is -0.868.